The minimum Gasteiger partial charge on any atom is -0.464 e. The Balaban J connectivity index is 2.10. The second kappa shape index (κ2) is 4.04. The van der Waals surface area contributed by atoms with Crippen molar-refractivity contribution in [3.63, 3.8) is 0 Å². The summed E-state index contributed by atoms with van der Waals surface area (Å²) in [6, 6.07) is 0. The number of carbonyl (C=O) groups is 1. The molecule has 1 saturated carbocycles. The molecular weight excluding hydrogens is 192 g/mol. The SMILES string of the molecule is COC(=O)c1cnc(C2CCC(C)C2)[nH]1. The molecule has 1 aromatic rings. The van der Waals surface area contributed by atoms with E-state index in [-0.39, 0.29) is 5.97 Å². The fourth-order valence-electron chi connectivity index (χ4n) is 2.21. The van der Waals surface area contributed by atoms with Crippen LogP contribution in [-0.4, -0.2) is 23.0 Å². The molecule has 0 saturated heterocycles. The summed E-state index contributed by atoms with van der Waals surface area (Å²) in [7, 11) is 1.38. The molecule has 2 unspecified atom stereocenters. The first-order valence-electron chi connectivity index (χ1n) is 5.34. The first kappa shape index (κ1) is 10.2. The summed E-state index contributed by atoms with van der Waals surface area (Å²) < 4.78 is 4.62. The van der Waals surface area contributed by atoms with E-state index in [1.54, 1.807) is 6.20 Å². The van der Waals surface area contributed by atoms with Crippen LogP contribution in [0.15, 0.2) is 6.20 Å². The summed E-state index contributed by atoms with van der Waals surface area (Å²) in [5, 5.41) is 0. The largest absolute Gasteiger partial charge is 0.464 e. The molecule has 15 heavy (non-hydrogen) atoms. The van der Waals surface area contributed by atoms with Crippen molar-refractivity contribution in [2.24, 2.45) is 5.92 Å². The number of carbonyl (C=O) groups excluding carboxylic acids is 1. The van der Waals surface area contributed by atoms with Crippen molar-refractivity contribution in [3.8, 4) is 0 Å². The van der Waals surface area contributed by atoms with Crippen LogP contribution in [0.3, 0.4) is 0 Å². The summed E-state index contributed by atoms with van der Waals surface area (Å²) >= 11 is 0. The maximum Gasteiger partial charge on any atom is 0.356 e. The molecule has 0 amide bonds. The highest BCUT2D eigenvalue weighted by molar-refractivity contribution is 5.86. The van der Waals surface area contributed by atoms with E-state index in [9.17, 15) is 4.79 Å². The third-order valence-electron chi connectivity index (χ3n) is 3.08. The minimum absolute atomic E-state index is 0.347. The van der Waals surface area contributed by atoms with Gasteiger partial charge in [-0.25, -0.2) is 9.78 Å². The quantitative estimate of drug-likeness (QED) is 0.757. The maximum absolute atomic E-state index is 11.2. The molecule has 2 atom stereocenters. The standard InChI is InChI=1S/C11H16N2O2/c1-7-3-4-8(5-7)10-12-6-9(13-10)11(14)15-2/h6-8H,3-5H2,1-2H3,(H,12,13). The number of hydrogen-bond acceptors (Lipinski definition) is 3. The summed E-state index contributed by atoms with van der Waals surface area (Å²) in [5.74, 6) is 1.83. The molecule has 1 N–H and O–H groups in total. The lowest BCUT2D eigenvalue weighted by atomic mass is 10.1. The lowest BCUT2D eigenvalue weighted by Crippen LogP contribution is -2.02. The van der Waals surface area contributed by atoms with E-state index in [1.807, 2.05) is 0 Å². The van der Waals surface area contributed by atoms with E-state index in [0.29, 0.717) is 11.6 Å². The molecule has 0 radical (unpaired) electrons. The number of aromatic nitrogens is 2. The molecule has 1 aromatic heterocycles. The minimum atomic E-state index is -0.347. The first-order valence-corrected chi connectivity index (χ1v) is 5.34. The third kappa shape index (κ3) is 2.03. The average Bonchev–Trinajstić information content (AvgIpc) is 2.84. The fraction of sp³-hybridized carbons (Fsp3) is 0.636. The Bertz CT molecular complexity index is 359. The van der Waals surface area contributed by atoms with Crippen molar-refractivity contribution < 1.29 is 9.53 Å². The summed E-state index contributed by atoms with van der Waals surface area (Å²) in [5.41, 5.74) is 0.451. The van der Waals surface area contributed by atoms with Crippen molar-refractivity contribution in [2.75, 3.05) is 7.11 Å². The lowest BCUT2D eigenvalue weighted by Gasteiger charge is -2.04. The molecule has 1 fully saturated rings. The van der Waals surface area contributed by atoms with E-state index in [4.69, 9.17) is 0 Å². The molecule has 1 heterocycles. The number of nitrogens with one attached hydrogen (secondary N) is 1. The molecule has 0 bridgehead atoms. The normalized spacial score (nSPS) is 25.5. The van der Waals surface area contributed by atoms with Gasteiger partial charge in [-0.3, -0.25) is 0 Å². The van der Waals surface area contributed by atoms with Gasteiger partial charge in [0.25, 0.3) is 0 Å². The zero-order chi connectivity index (χ0) is 10.8. The number of esters is 1. The van der Waals surface area contributed by atoms with Gasteiger partial charge in [-0.15, -0.1) is 0 Å². The van der Waals surface area contributed by atoms with Crippen LogP contribution < -0.4 is 0 Å². The zero-order valence-corrected chi connectivity index (χ0v) is 9.12. The van der Waals surface area contributed by atoms with E-state index in [1.165, 1.54) is 13.5 Å². The Morgan fingerprint density at radius 3 is 3.00 bits per heavy atom. The van der Waals surface area contributed by atoms with Gasteiger partial charge in [0.05, 0.1) is 13.3 Å². The molecule has 82 valence electrons. The summed E-state index contributed by atoms with van der Waals surface area (Å²) in [6.45, 7) is 2.25. The van der Waals surface area contributed by atoms with Gasteiger partial charge >= 0.3 is 5.97 Å². The van der Waals surface area contributed by atoms with Gasteiger partial charge in [0.2, 0.25) is 0 Å². The van der Waals surface area contributed by atoms with Crippen molar-refractivity contribution >= 4 is 5.97 Å². The van der Waals surface area contributed by atoms with Gasteiger partial charge in [-0.05, 0) is 25.2 Å². The number of nitrogens with zero attached hydrogens (tertiary/aromatic N) is 1. The molecule has 4 nitrogen and oxygen atoms in total. The predicted octanol–water partition coefficient (Wildman–Crippen LogP) is 2.10. The van der Waals surface area contributed by atoms with Gasteiger partial charge in [0.15, 0.2) is 0 Å². The predicted molar refractivity (Wildman–Crippen MR) is 55.7 cm³/mol. The Morgan fingerprint density at radius 1 is 1.60 bits per heavy atom. The smallest absolute Gasteiger partial charge is 0.356 e. The first-order chi connectivity index (χ1) is 7.20. The number of ether oxygens (including phenoxy) is 1. The summed E-state index contributed by atoms with van der Waals surface area (Å²) in [6.07, 6.45) is 5.13. The van der Waals surface area contributed by atoms with Gasteiger partial charge in [0.1, 0.15) is 11.5 Å². The highest BCUT2D eigenvalue weighted by Crippen LogP contribution is 2.36. The topological polar surface area (TPSA) is 55.0 Å². The second-order valence-electron chi connectivity index (χ2n) is 4.29. The highest BCUT2D eigenvalue weighted by atomic mass is 16.5. The molecule has 1 aliphatic carbocycles. The van der Waals surface area contributed by atoms with Crippen molar-refractivity contribution in [1.29, 1.82) is 0 Å². The van der Waals surface area contributed by atoms with Crippen LogP contribution in [0.4, 0.5) is 0 Å². The number of H-pyrrole nitrogens is 1. The Labute approximate surface area is 89.0 Å². The van der Waals surface area contributed by atoms with Gasteiger partial charge in [-0.2, -0.15) is 0 Å². The van der Waals surface area contributed by atoms with Crippen LogP contribution in [0.1, 0.15) is 48.4 Å². The number of methoxy groups -OCH3 is 1. The molecule has 4 heteroatoms. The van der Waals surface area contributed by atoms with Crippen molar-refractivity contribution in [1.82, 2.24) is 9.97 Å². The van der Waals surface area contributed by atoms with Crippen LogP contribution in [0.2, 0.25) is 0 Å². The number of aromatic amines is 1. The van der Waals surface area contributed by atoms with Gasteiger partial charge in [-0.1, -0.05) is 6.92 Å². The number of imidazole rings is 1. The Kier molecular flexibility index (Phi) is 2.75. The lowest BCUT2D eigenvalue weighted by molar-refractivity contribution is 0.0594. The molecule has 0 spiro atoms. The van der Waals surface area contributed by atoms with E-state index in [2.05, 4.69) is 21.6 Å². The molecule has 2 rings (SSSR count). The Hall–Kier alpha value is -1.32. The zero-order valence-electron chi connectivity index (χ0n) is 9.12. The van der Waals surface area contributed by atoms with Crippen molar-refractivity contribution in [3.05, 3.63) is 17.7 Å². The van der Waals surface area contributed by atoms with Crippen LogP contribution in [0.5, 0.6) is 0 Å². The highest BCUT2D eigenvalue weighted by Gasteiger charge is 2.25. The van der Waals surface area contributed by atoms with Crippen LogP contribution in [0.25, 0.3) is 0 Å². The van der Waals surface area contributed by atoms with E-state index >= 15 is 0 Å². The number of rotatable bonds is 2. The monoisotopic (exact) mass is 208 g/mol. The molecule has 0 aromatic carbocycles. The summed E-state index contributed by atoms with van der Waals surface area (Å²) in [4.78, 5) is 18.5. The third-order valence-corrected chi connectivity index (χ3v) is 3.08. The van der Waals surface area contributed by atoms with Crippen LogP contribution >= 0.6 is 0 Å². The number of hydrogen-bond donors (Lipinski definition) is 1. The van der Waals surface area contributed by atoms with Crippen LogP contribution in [0, 0.1) is 5.92 Å². The average molecular weight is 208 g/mol. The Morgan fingerprint density at radius 2 is 2.40 bits per heavy atom. The van der Waals surface area contributed by atoms with E-state index < -0.39 is 0 Å². The molecular formula is C11H16N2O2. The van der Waals surface area contributed by atoms with Crippen molar-refractivity contribution in [2.45, 2.75) is 32.1 Å². The maximum atomic E-state index is 11.2. The fourth-order valence-corrected chi connectivity index (χ4v) is 2.21. The van der Waals surface area contributed by atoms with Gasteiger partial charge < -0.3 is 9.72 Å². The molecule has 0 aliphatic heterocycles. The van der Waals surface area contributed by atoms with Crippen LogP contribution in [-0.2, 0) is 4.74 Å². The second-order valence-corrected chi connectivity index (χ2v) is 4.29. The van der Waals surface area contributed by atoms with E-state index in [0.717, 1.165) is 24.6 Å². The molecule has 1 aliphatic rings. The van der Waals surface area contributed by atoms with Gasteiger partial charge in [0, 0.05) is 5.92 Å².